The summed E-state index contributed by atoms with van der Waals surface area (Å²) in [5.41, 5.74) is -0.896. The second kappa shape index (κ2) is 7.22. The summed E-state index contributed by atoms with van der Waals surface area (Å²) >= 11 is 1.43. The molecule has 1 aromatic carbocycles. The number of anilines is 2. The number of aromatic nitrogens is 3. The predicted octanol–water partition coefficient (Wildman–Crippen LogP) is 4.33. The highest BCUT2D eigenvalue weighted by Crippen LogP contribution is 2.30. The standard InChI is InChI=1S/C16H16F3N5S/c1-10-9-22-15(23-13(10)16(17,18)19)21-8-4-7-20-14-11-5-2-3-6-12(11)25-24-14/h2-3,5-6,9H,4,7-8H2,1H3,(H,20,24)(H,21,22,23). The number of benzene rings is 1. The summed E-state index contributed by atoms with van der Waals surface area (Å²) in [6.07, 6.45) is -2.61. The molecule has 2 N–H and O–H groups in total. The molecule has 0 amide bonds. The van der Waals surface area contributed by atoms with E-state index in [1.165, 1.54) is 24.7 Å². The predicted molar refractivity (Wildman–Crippen MR) is 93.0 cm³/mol. The first-order chi connectivity index (χ1) is 11.9. The van der Waals surface area contributed by atoms with Gasteiger partial charge in [0.05, 0.1) is 4.70 Å². The summed E-state index contributed by atoms with van der Waals surface area (Å²) in [6, 6.07) is 7.92. The van der Waals surface area contributed by atoms with Crippen LogP contribution in [0.3, 0.4) is 0 Å². The van der Waals surface area contributed by atoms with Crippen LogP contribution in [0.4, 0.5) is 24.9 Å². The van der Waals surface area contributed by atoms with Gasteiger partial charge in [-0.15, -0.1) is 0 Å². The van der Waals surface area contributed by atoms with Crippen LogP contribution in [0.2, 0.25) is 0 Å². The quantitative estimate of drug-likeness (QED) is 0.635. The van der Waals surface area contributed by atoms with Gasteiger partial charge in [-0.3, -0.25) is 0 Å². The van der Waals surface area contributed by atoms with Crippen molar-refractivity contribution in [2.45, 2.75) is 19.5 Å². The monoisotopic (exact) mass is 367 g/mol. The van der Waals surface area contributed by atoms with Gasteiger partial charge in [0.15, 0.2) is 5.69 Å². The lowest BCUT2D eigenvalue weighted by Crippen LogP contribution is -2.15. The third-order valence-corrected chi connectivity index (χ3v) is 4.37. The molecule has 0 atom stereocenters. The Morgan fingerprint density at radius 2 is 1.88 bits per heavy atom. The molecule has 0 unspecified atom stereocenters. The lowest BCUT2D eigenvalue weighted by atomic mass is 10.2. The molecule has 0 saturated carbocycles. The highest BCUT2D eigenvalue weighted by Gasteiger charge is 2.34. The minimum atomic E-state index is -4.48. The van der Waals surface area contributed by atoms with Crippen molar-refractivity contribution < 1.29 is 13.2 Å². The molecule has 0 spiro atoms. The van der Waals surface area contributed by atoms with Gasteiger partial charge in [-0.05, 0) is 42.6 Å². The normalized spacial score (nSPS) is 11.7. The summed E-state index contributed by atoms with van der Waals surface area (Å²) in [7, 11) is 0. The third-order valence-electron chi connectivity index (χ3n) is 3.55. The van der Waals surface area contributed by atoms with Crippen molar-refractivity contribution in [3.05, 3.63) is 41.7 Å². The Bertz CT molecular complexity index is 862. The van der Waals surface area contributed by atoms with Gasteiger partial charge >= 0.3 is 6.18 Å². The number of fused-ring (bicyclic) bond motifs is 1. The van der Waals surface area contributed by atoms with E-state index in [1.807, 2.05) is 24.3 Å². The molecule has 25 heavy (non-hydrogen) atoms. The summed E-state index contributed by atoms with van der Waals surface area (Å²) in [6.45, 7) is 2.43. The summed E-state index contributed by atoms with van der Waals surface area (Å²) in [5.74, 6) is 0.809. The topological polar surface area (TPSA) is 62.7 Å². The molecule has 5 nitrogen and oxygen atoms in total. The minimum Gasteiger partial charge on any atom is -0.369 e. The summed E-state index contributed by atoms with van der Waals surface area (Å²) in [4.78, 5) is 7.44. The van der Waals surface area contributed by atoms with E-state index in [4.69, 9.17) is 0 Å². The van der Waals surface area contributed by atoms with Gasteiger partial charge in [-0.1, -0.05) is 12.1 Å². The molecule has 0 bridgehead atoms. The van der Waals surface area contributed by atoms with E-state index in [2.05, 4.69) is 25.0 Å². The lowest BCUT2D eigenvalue weighted by molar-refractivity contribution is -0.141. The molecule has 0 fully saturated rings. The Balaban J connectivity index is 1.50. The van der Waals surface area contributed by atoms with E-state index in [1.54, 1.807) is 0 Å². The van der Waals surface area contributed by atoms with Crippen LogP contribution >= 0.6 is 11.5 Å². The van der Waals surface area contributed by atoms with Gasteiger partial charge in [-0.2, -0.15) is 17.5 Å². The molecule has 0 saturated heterocycles. The summed E-state index contributed by atoms with van der Waals surface area (Å²) < 4.78 is 43.9. The number of halogens is 3. The number of alkyl halides is 3. The fraction of sp³-hybridized carbons (Fsp3) is 0.312. The van der Waals surface area contributed by atoms with Crippen molar-refractivity contribution >= 4 is 33.4 Å². The highest BCUT2D eigenvalue weighted by atomic mass is 32.1. The first-order valence-electron chi connectivity index (χ1n) is 7.68. The Morgan fingerprint density at radius 3 is 2.68 bits per heavy atom. The largest absolute Gasteiger partial charge is 0.433 e. The summed E-state index contributed by atoms with van der Waals surface area (Å²) in [5, 5.41) is 7.13. The Hall–Kier alpha value is -2.42. The van der Waals surface area contributed by atoms with Crippen molar-refractivity contribution in [2.75, 3.05) is 23.7 Å². The Morgan fingerprint density at radius 1 is 1.12 bits per heavy atom. The Labute approximate surface area is 146 Å². The second-order valence-electron chi connectivity index (χ2n) is 5.46. The molecule has 3 rings (SSSR count). The first kappa shape index (κ1) is 17.4. The smallest absolute Gasteiger partial charge is 0.369 e. The Kier molecular flexibility index (Phi) is 5.03. The molecule has 2 heterocycles. The van der Waals surface area contributed by atoms with Crippen LogP contribution in [-0.2, 0) is 6.18 Å². The van der Waals surface area contributed by atoms with Crippen molar-refractivity contribution in [3.63, 3.8) is 0 Å². The molecule has 0 aliphatic carbocycles. The molecular formula is C16H16F3N5S. The zero-order valence-electron chi connectivity index (χ0n) is 13.4. The maximum Gasteiger partial charge on any atom is 0.433 e. The average molecular weight is 367 g/mol. The molecule has 0 radical (unpaired) electrons. The number of aryl methyl sites for hydroxylation is 1. The van der Waals surface area contributed by atoms with E-state index in [0.29, 0.717) is 19.5 Å². The average Bonchev–Trinajstić information content (AvgIpc) is 2.98. The maximum absolute atomic E-state index is 12.8. The molecular weight excluding hydrogens is 351 g/mol. The molecule has 9 heteroatoms. The van der Waals surface area contributed by atoms with Crippen LogP contribution in [0.5, 0.6) is 0 Å². The van der Waals surface area contributed by atoms with E-state index < -0.39 is 11.9 Å². The SMILES string of the molecule is Cc1cnc(NCCCNc2nsc3ccccc23)nc1C(F)(F)F. The number of rotatable bonds is 6. The van der Waals surface area contributed by atoms with Crippen LogP contribution in [0.15, 0.2) is 30.5 Å². The van der Waals surface area contributed by atoms with E-state index in [9.17, 15) is 13.2 Å². The van der Waals surface area contributed by atoms with Gasteiger partial charge < -0.3 is 10.6 Å². The van der Waals surface area contributed by atoms with E-state index in [0.717, 1.165) is 15.9 Å². The number of nitrogens with zero attached hydrogens (tertiary/aromatic N) is 3. The van der Waals surface area contributed by atoms with Gasteiger partial charge in [0.1, 0.15) is 5.82 Å². The van der Waals surface area contributed by atoms with Gasteiger partial charge in [0.25, 0.3) is 0 Å². The zero-order valence-corrected chi connectivity index (χ0v) is 14.2. The molecule has 3 aromatic rings. The van der Waals surface area contributed by atoms with Crippen molar-refractivity contribution in [1.82, 2.24) is 14.3 Å². The van der Waals surface area contributed by atoms with E-state index >= 15 is 0 Å². The van der Waals surface area contributed by atoms with Gasteiger partial charge in [0, 0.05) is 24.7 Å². The fourth-order valence-corrected chi connectivity index (χ4v) is 3.08. The maximum atomic E-state index is 12.8. The van der Waals surface area contributed by atoms with Crippen molar-refractivity contribution in [1.29, 1.82) is 0 Å². The second-order valence-corrected chi connectivity index (χ2v) is 6.26. The third kappa shape index (κ3) is 4.16. The van der Waals surface area contributed by atoms with E-state index in [-0.39, 0.29) is 11.5 Å². The van der Waals surface area contributed by atoms with Crippen molar-refractivity contribution in [2.24, 2.45) is 0 Å². The number of hydrogen-bond acceptors (Lipinski definition) is 6. The van der Waals surface area contributed by atoms with Gasteiger partial charge in [-0.25, -0.2) is 9.97 Å². The molecule has 0 aliphatic rings. The fourth-order valence-electron chi connectivity index (χ4n) is 2.32. The van der Waals surface area contributed by atoms with Crippen molar-refractivity contribution in [3.8, 4) is 0 Å². The number of hydrogen-bond donors (Lipinski definition) is 2. The zero-order chi connectivity index (χ0) is 17.9. The molecule has 2 aromatic heterocycles. The molecule has 132 valence electrons. The van der Waals surface area contributed by atoms with Crippen LogP contribution in [0, 0.1) is 6.92 Å². The molecule has 0 aliphatic heterocycles. The van der Waals surface area contributed by atoms with Crippen LogP contribution in [0.25, 0.3) is 10.1 Å². The first-order valence-corrected chi connectivity index (χ1v) is 8.45. The van der Waals surface area contributed by atoms with Crippen LogP contribution in [-0.4, -0.2) is 27.4 Å². The van der Waals surface area contributed by atoms with Crippen LogP contribution in [0.1, 0.15) is 17.7 Å². The lowest BCUT2D eigenvalue weighted by Gasteiger charge is -2.11. The van der Waals surface area contributed by atoms with Crippen LogP contribution < -0.4 is 10.6 Å². The van der Waals surface area contributed by atoms with Gasteiger partial charge in [0.2, 0.25) is 5.95 Å². The highest BCUT2D eigenvalue weighted by molar-refractivity contribution is 7.13. The minimum absolute atomic E-state index is 0.00938. The number of nitrogens with one attached hydrogen (secondary N) is 2.